The summed E-state index contributed by atoms with van der Waals surface area (Å²) < 4.78 is 15.4. The molecule has 36 heavy (non-hydrogen) atoms. The van der Waals surface area contributed by atoms with Crippen LogP contribution in [0.1, 0.15) is 38.7 Å². The summed E-state index contributed by atoms with van der Waals surface area (Å²) in [6.45, 7) is 3.72. The molecular weight excluding hydrogens is 466 g/mol. The van der Waals surface area contributed by atoms with Crippen LogP contribution in [-0.2, 0) is 35.2 Å². The molecular formula is C27H31NO8. The number of ether oxygens (including phenoxy) is 3. The second-order valence-electron chi connectivity index (χ2n) is 8.58. The molecule has 1 amide bonds. The van der Waals surface area contributed by atoms with Crippen molar-refractivity contribution in [3.05, 3.63) is 60.2 Å². The Labute approximate surface area is 209 Å². The Kier molecular flexibility index (Phi) is 9.44. The number of carboxylic acid groups (broad SMARTS) is 1. The van der Waals surface area contributed by atoms with Crippen LogP contribution in [-0.4, -0.2) is 47.2 Å². The highest BCUT2D eigenvalue weighted by molar-refractivity contribution is 5.92. The van der Waals surface area contributed by atoms with Gasteiger partial charge in [-0.3, -0.25) is 19.2 Å². The van der Waals surface area contributed by atoms with Gasteiger partial charge >= 0.3 is 17.9 Å². The first-order chi connectivity index (χ1) is 17.3. The first kappa shape index (κ1) is 26.7. The van der Waals surface area contributed by atoms with Crippen LogP contribution in [0.2, 0.25) is 0 Å². The summed E-state index contributed by atoms with van der Waals surface area (Å²) in [7, 11) is 0. The van der Waals surface area contributed by atoms with Gasteiger partial charge in [0.15, 0.2) is 0 Å². The van der Waals surface area contributed by atoms with Crippen molar-refractivity contribution in [2.24, 2.45) is 17.8 Å². The molecule has 0 bridgehead atoms. The molecule has 3 unspecified atom stereocenters. The number of hydrogen-bond donors (Lipinski definition) is 1. The van der Waals surface area contributed by atoms with E-state index in [1.54, 1.807) is 11.8 Å². The Morgan fingerprint density at radius 3 is 2.19 bits per heavy atom. The van der Waals surface area contributed by atoms with E-state index in [4.69, 9.17) is 14.2 Å². The van der Waals surface area contributed by atoms with Crippen LogP contribution in [0.4, 0.5) is 0 Å². The minimum absolute atomic E-state index is 0.0699. The Bertz CT molecular complexity index is 1050. The van der Waals surface area contributed by atoms with E-state index in [-0.39, 0.29) is 18.7 Å². The van der Waals surface area contributed by atoms with Gasteiger partial charge in [-0.15, -0.1) is 0 Å². The maximum atomic E-state index is 13.3. The summed E-state index contributed by atoms with van der Waals surface area (Å²) in [6, 6.07) is 16.7. The summed E-state index contributed by atoms with van der Waals surface area (Å²) in [5, 5.41) is 9.70. The van der Waals surface area contributed by atoms with Crippen LogP contribution >= 0.6 is 0 Å². The second kappa shape index (κ2) is 12.7. The number of carbonyl (C=O) groups excluding carboxylic acids is 3. The Balaban J connectivity index is 1.61. The molecule has 1 aliphatic rings. The van der Waals surface area contributed by atoms with Crippen LogP contribution in [0.25, 0.3) is 0 Å². The van der Waals surface area contributed by atoms with Crippen molar-refractivity contribution in [1.82, 2.24) is 4.90 Å². The predicted octanol–water partition coefficient (Wildman–Crippen LogP) is 4.01. The van der Waals surface area contributed by atoms with E-state index in [1.807, 2.05) is 61.5 Å². The molecule has 0 heterocycles. The molecule has 2 aromatic carbocycles. The Hall–Kier alpha value is -3.88. The van der Waals surface area contributed by atoms with Crippen LogP contribution < -0.4 is 4.74 Å². The molecule has 0 aromatic heterocycles. The number of hydrogen-bond acceptors (Lipinski definition) is 7. The highest BCUT2D eigenvalue weighted by Gasteiger charge is 2.54. The molecule has 1 N–H and O–H groups in total. The monoisotopic (exact) mass is 497 g/mol. The zero-order valence-electron chi connectivity index (χ0n) is 20.4. The lowest BCUT2D eigenvalue weighted by Crippen LogP contribution is -2.53. The van der Waals surface area contributed by atoms with E-state index in [2.05, 4.69) is 0 Å². The summed E-state index contributed by atoms with van der Waals surface area (Å²) in [5.74, 6) is -4.46. The van der Waals surface area contributed by atoms with E-state index in [1.165, 1.54) is 0 Å². The van der Waals surface area contributed by atoms with Crippen molar-refractivity contribution >= 4 is 23.8 Å². The van der Waals surface area contributed by atoms with Gasteiger partial charge in [-0.1, -0.05) is 44.2 Å². The molecule has 0 radical (unpaired) electrons. The number of carboxylic acids is 1. The van der Waals surface area contributed by atoms with Crippen molar-refractivity contribution in [2.45, 2.75) is 39.7 Å². The van der Waals surface area contributed by atoms with Gasteiger partial charge in [0.1, 0.15) is 11.5 Å². The van der Waals surface area contributed by atoms with Gasteiger partial charge in [-0.25, -0.2) is 0 Å². The summed E-state index contributed by atoms with van der Waals surface area (Å²) in [4.78, 5) is 50.3. The van der Waals surface area contributed by atoms with Gasteiger partial charge in [0.25, 0.3) is 0 Å². The van der Waals surface area contributed by atoms with E-state index >= 15 is 0 Å². The average molecular weight is 498 g/mol. The maximum Gasteiger partial charge on any atom is 0.312 e. The largest absolute Gasteiger partial charge is 0.481 e. The number of nitrogens with zero attached hydrogens (tertiary/aromatic N) is 1. The van der Waals surface area contributed by atoms with E-state index in [0.717, 1.165) is 5.56 Å². The average Bonchev–Trinajstić information content (AvgIpc) is 2.84. The SMILES string of the molecule is CCCN(Cc1ccc(Oc2ccccc2)cc1)C(=O)C1CC(C(=O)OCOC(=O)CC)C1C(=O)O. The van der Waals surface area contributed by atoms with Gasteiger partial charge in [-0.2, -0.15) is 0 Å². The number of carbonyl (C=O) groups is 4. The van der Waals surface area contributed by atoms with Gasteiger partial charge in [0.2, 0.25) is 12.7 Å². The van der Waals surface area contributed by atoms with E-state index in [0.29, 0.717) is 31.0 Å². The molecule has 2 aromatic rings. The highest BCUT2D eigenvalue weighted by Crippen LogP contribution is 2.43. The third kappa shape index (κ3) is 6.84. The molecule has 9 heteroatoms. The third-order valence-electron chi connectivity index (χ3n) is 6.07. The Morgan fingerprint density at radius 2 is 1.58 bits per heavy atom. The van der Waals surface area contributed by atoms with Gasteiger partial charge in [0.05, 0.1) is 17.8 Å². The van der Waals surface area contributed by atoms with Crippen molar-refractivity contribution < 1.29 is 38.5 Å². The predicted molar refractivity (Wildman–Crippen MR) is 129 cm³/mol. The number of benzene rings is 2. The summed E-state index contributed by atoms with van der Waals surface area (Å²) in [6.07, 6.45) is 0.894. The first-order valence-corrected chi connectivity index (χ1v) is 12.0. The number of para-hydroxylation sites is 1. The lowest BCUT2D eigenvalue weighted by molar-refractivity contribution is -0.183. The lowest BCUT2D eigenvalue weighted by atomic mass is 9.64. The molecule has 1 fully saturated rings. The summed E-state index contributed by atoms with van der Waals surface area (Å²) >= 11 is 0. The Morgan fingerprint density at radius 1 is 0.917 bits per heavy atom. The second-order valence-corrected chi connectivity index (χ2v) is 8.58. The van der Waals surface area contributed by atoms with Crippen molar-refractivity contribution in [2.75, 3.05) is 13.3 Å². The molecule has 3 rings (SSSR count). The standard InChI is InChI=1S/C27H31NO8/c1-3-14-28(16-18-10-12-20(13-11-18)36-19-8-6-5-7-9-19)25(30)21-15-22(24(21)26(31)32)27(33)35-17-34-23(29)4-2/h5-13,21-22,24H,3-4,14-17H2,1-2H3,(H,31,32). The number of amides is 1. The van der Waals surface area contributed by atoms with Crippen LogP contribution in [0.5, 0.6) is 11.5 Å². The molecule has 0 saturated heterocycles. The lowest BCUT2D eigenvalue weighted by Gasteiger charge is -2.41. The first-order valence-electron chi connectivity index (χ1n) is 12.0. The fourth-order valence-corrected chi connectivity index (χ4v) is 4.13. The van der Waals surface area contributed by atoms with Crippen molar-refractivity contribution in [1.29, 1.82) is 0 Å². The van der Waals surface area contributed by atoms with Crippen molar-refractivity contribution in [3.8, 4) is 11.5 Å². The molecule has 1 aliphatic carbocycles. The molecule has 192 valence electrons. The van der Waals surface area contributed by atoms with E-state index in [9.17, 15) is 24.3 Å². The van der Waals surface area contributed by atoms with Crippen LogP contribution in [0.15, 0.2) is 54.6 Å². The zero-order valence-corrected chi connectivity index (χ0v) is 20.4. The fourth-order valence-electron chi connectivity index (χ4n) is 4.13. The molecule has 0 aliphatic heterocycles. The van der Waals surface area contributed by atoms with Gasteiger partial charge in [0, 0.05) is 19.5 Å². The minimum atomic E-state index is -1.23. The molecule has 3 atom stereocenters. The quantitative estimate of drug-likeness (QED) is 0.345. The molecule has 1 saturated carbocycles. The normalized spacial score (nSPS) is 18.4. The van der Waals surface area contributed by atoms with Crippen molar-refractivity contribution in [3.63, 3.8) is 0 Å². The number of rotatable bonds is 12. The van der Waals surface area contributed by atoms with Gasteiger partial charge < -0.3 is 24.2 Å². The van der Waals surface area contributed by atoms with Crippen LogP contribution in [0, 0.1) is 17.8 Å². The molecule has 0 spiro atoms. The number of aliphatic carboxylic acids is 1. The highest BCUT2D eigenvalue weighted by atomic mass is 16.7. The van der Waals surface area contributed by atoms with E-state index < -0.39 is 42.5 Å². The fraction of sp³-hybridized carbons (Fsp3) is 0.407. The molecule has 9 nitrogen and oxygen atoms in total. The summed E-state index contributed by atoms with van der Waals surface area (Å²) in [5.41, 5.74) is 0.872. The topological polar surface area (TPSA) is 119 Å². The third-order valence-corrected chi connectivity index (χ3v) is 6.07. The number of esters is 2. The zero-order chi connectivity index (χ0) is 26.1. The van der Waals surface area contributed by atoms with Crippen LogP contribution in [0.3, 0.4) is 0 Å². The maximum absolute atomic E-state index is 13.3. The van der Waals surface area contributed by atoms with Gasteiger partial charge in [-0.05, 0) is 42.7 Å². The minimum Gasteiger partial charge on any atom is -0.481 e. The smallest absolute Gasteiger partial charge is 0.312 e.